The summed E-state index contributed by atoms with van der Waals surface area (Å²) in [6.07, 6.45) is 0. The van der Waals surface area contributed by atoms with E-state index >= 15 is 0 Å². The van der Waals surface area contributed by atoms with Crippen molar-refractivity contribution < 1.29 is 4.42 Å². The number of aromatic nitrogens is 2. The lowest BCUT2D eigenvalue weighted by Crippen LogP contribution is -2.01. The molecule has 0 spiro atoms. The molecule has 0 fully saturated rings. The fourth-order valence-corrected chi connectivity index (χ4v) is 2.33. The van der Waals surface area contributed by atoms with Crippen LogP contribution >= 0.6 is 11.6 Å². The summed E-state index contributed by atoms with van der Waals surface area (Å²) in [5.74, 6) is 1.04. The van der Waals surface area contributed by atoms with Crippen molar-refractivity contribution in [3.8, 4) is 11.5 Å². The van der Waals surface area contributed by atoms with Crippen molar-refractivity contribution in [2.24, 2.45) is 0 Å². The molecule has 3 aromatic rings. The molecule has 0 unspecified atom stereocenters. The smallest absolute Gasteiger partial charge is 0.247 e. The largest absolute Gasteiger partial charge is 0.419 e. The number of aryl methyl sites for hydroxylation is 1. The number of nitrogens with one attached hydrogen (secondary N) is 1. The molecule has 0 atom stereocenters. The van der Waals surface area contributed by atoms with Gasteiger partial charge in [0.05, 0.1) is 17.3 Å². The number of halogens is 1. The monoisotopic (exact) mass is 299 g/mol. The predicted molar refractivity (Wildman–Crippen MR) is 83.2 cm³/mol. The minimum atomic E-state index is 0.435. The summed E-state index contributed by atoms with van der Waals surface area (Å²) < 4.78 is 5.64. The quantitative estimate of drug-likeness (QED) is 0.780. The first kappa shape index (κ1) is 13.6. The first-order chi connectivity index (χ1) is 10.2. The molecule has 3 rings (SSSR count). The van der Waals surface area contributed by atoms with Gasteiger partial charge in [-0.1, -0.05) is 41.9 Å². The summed E-state index contributed by atoms with van der Waals surface area (Å²) in [5, 5.41) is 12.0. The Morgan fingerprint density at radius 2 is 1.86 bits per heavy atom. The van der Waals surface area contributed by atoms with Crippen LogP contribution in [0.1, 0.15) is 11.5 Å². The van der Waals surface area contributed by atoms with Crippen molar-refractivity contribution in [2.45, 2.75) is 13.5 Å². The van der Waals surface area contributed by atoms with Gasteiger partial charge in [0.15, 0.2) is 0 Å². The summed E-state index contributed by atoms with van der Waals surface area (Å²) >= 11 is 6.17. The second kappa shape index (κ2) is 5.97. The molecule has 2 aromatic carbocycles. The molecule has 21 heavy (non-hydrogen) atoms. The van der Waals surface area contributed by atoms with Crippen molar-refractivity contribution in [1.82, 2.24) is 10.2 Å². The summed E-state index contributed by atoms with van der Waals surface area (Å²) in [4.78, 5) is 0. The maximum absolute atomic E-state index is 6.17. The highest BCUT2D eigenvalue weighted by molar-refractivity contribution is 6.33. The van der Waals surface area contributed by atoms with E-state index in [0.29, 0.717) is 23.3 Å². The average molecular weight is 300 g/mol. The first-order valence-corrected chi connectivity index (χ1v) is 6.98. The van der Waals surface area contributed by atoms with Gasteiger partial charge in [0.25, 0.3) is 0 Å². The van der Waals surface area contributed by atoms with E-state index in [1.165, 1.54) is 0 Å². The Bertz CT molecular complexity index is 720. The van der Waals surface area contributed by atoms with Crippen molar-refractivity contribution in [2.75, 3.05) is 5.32 Å². The average Bonchev–Trinajstić information content (AvgIpc) is 2.97. The number of nitrogens with zero attached hydrogens (tertiary/aromatic N) is 2. The highest BCUT2D eigenvalue weighted by Gasteiger charge is 2.09. The van der Waals surface area contributed by atoms with E-state index in [4.69, 9.17) is 16.0 Å². The Labute approximate surface area is 127 Å². The van der Waals surface area contributed by atoms with Crippen LogP contribution in [0.25, 0.3) is 11.5 Å². The zero-order valence-electron chi connectivity index (χ0n) is 11.5. The van der Waals surface area contributed by atoms with E-state index < -0.39 is 0 Å². The summed E-state index contributed by atoms with van der Waals surface area (Å²) in [6, 6.07) is 15.4. The second-order valence-corrected chi connectivity index (χ2v) is 5.06. The van der Waals surface area contributed by atoms with Crippen LogP contribution in [-0.4, -0.2) is 10.2 Å². The fraction of sp³-hybridized carbons (Fsp3) is 0.125. The molecule has 5 heteroatoms. The third-order valence-corrected chi connectivity index (χ3v) is 3.44. The van der Waals surface area contributed by atoms with Gasteiger partial charge in [-0.25, -0.2) is 0 Å². The third-order valence-electron chi connectivity index (χ3n) is 3.13. The first-order valence-electron chi connectivity index (χ1n) is 6.61. The van der Waals surface area contributed by atoms with E-state index in [1.807, 2.05) is 55.5 Å². The number of anilines is 1. The normalized spacial score (nSPS) is 10.6. The van der Waals surface area contributed by atoms with Crippen LogP contribution in [-0.2, 0) is 6.54 Å². The lowest BCUT2D eigenvalue weighted by molar-refractivity contribution is 0.515. The summed E-state index contributed by atoms with van der Waals surface area (Å²) in [6.45, 7) is 2.43. The maximum atomic E-state index is 6.17. The standard InChI is InChI=1S/C16H14ClN3O/c1-11-6-5-9-13(17)15(11)18-10-14-19-20-16(21-14)12-7-3-2-4-8-12/h2-9,18H,10H2,1H3. The third kappa shape index (κ3) is 3.06. The van der Waals surface area contributed by atoms with Gasteiger partial charge in [0, 0.05) is 5.56 Å². The molecule has 0 aliphatic heterocycles. The van der Waals surface area contributed by atoms with Gasteiger partial charge in [-0.2, -0.15) is 0 Å². The number of para-hydroxylation sites is 1. The van der Waals surface area contributed by atoms with Crippen LogP contribution in [0.5, 0.6) is 0 Å². The number of rotatable bonds is 4. The van der Waals surface area contributed by atoms with Crippen molar-refractivity contribution >= 4 is 17.3 Å². The van der Waals surface area contributed by atoms with Gasteiger partial charge in [-0.05, 0) is 30.7 Å². The molecule has 0 saturated carbocycles. The van der Waals surface area contributed by atoms with E-state index in [9.17, 15) is 0 Å². The Balaban J connectivity index is 1.74. The molecule has 4 nitrogen and oxygen atoms in total. The SMILES string of the molecule is Cc1cccc(Cl)c1NCc1nnc(-c2ccccc2)o1. The van der Waals surface area contributed by atoms with Crippen LogP contribution in [0.2, 0.25) is 5.02 Å². The van der Waals surface area contributed by atoms with E-state index in [2.05, 4.69) is 15.5 Å². The van der Waals surface area contributed by atoms with Crippen LogP contribution in [0.15, 0.2) is 52.9 Å². The van der Waals surface area contributed by atoms with Gasteiger partial charge in [-0.3, -0.25) is 0 Å². The fourth-order valence-electron chi connectivity index (χ4n) is 2.04. The maximum Gasteiger partial charge on any atom is 0.247 e. The van der Waals surface area contributed by atoms with Gasteiger partial charge >= 0.3 is 0 Å². The molecular formula is C16H14ClN3O. The Morgan fingerprint density at radius 1 is 1.05 bits per heavy atom. The highest BCUT2D eigenvalue weighted by Crippen LogP contribution is 2.26. The molecule has 0 aliphatic rings. The molecule has 0 radical (unpaired) electrons. The van der Waals surface area contributed by atoms with Crippen LogP contribution < -0.4 is 5.32 Å². The minimum absolute atomic E-state index is 0.435. The molecule has 1 heterocycles. The van der Waals surface area contributed by atoms with E-state index in [1.54, 1.807) is 0 Å². The number of hydrogen-bond donors (Lipinski definition) is 1. The molecule has 1 aromatic heterocycles. The lowest BCUT2D eigenvalue weighted by atomic mass is 10.2. The van der Waals surface area contributed by atoms with Gasteiger partial charge < -0.3 is 9.73 Å². The predicted octanol–water partition coefficient (Wildman–Crippen LogP) is 4.31. The Morgan fingerprint density at radius 3 is 2.62 bits per heavy atom. The molecule has 0 saturated heterocycles. The molecule has 1 N–H and O–H groups in total. The molecular weight excluding hydrogens is 286 g/mol. The molecule has 106 valence electrons. The van der Waals surface area contributed by atoms with Crippen molar-refractivity contribution in [3.05, 3.63) is 65.0 Å². The zero-order valence-corrected chi connectivity index (χ0v) is 12.3. The van der Waals surface area contributed by atoms with Gasteiger partial charge in [0.1, 0.15) is 0 Å². The van der Waals surface area contributed by atoms with Crippen molar-refractivity contribution in [1.29, 1.82) is 0 Å². The topological polar surface area (TPSA) is 51.0 Å². The van der Waals surface area contributed by atoms with E-state index in [0.717, 1.165) is 16.8 Å². The molecule has 0 bridgehead atoms. The van der Waals surface area contributed by atoms with Gasteiger partial charge in [-0.15, -0.1) is 10.2 Å². The number of benzene rings is 2. The number of hydrogen-bond acceptors (Lipinski definition) is 4. The molecule has 0 amide bonds. The Kier molecular flexibility index (Phi) is 3.88. The van der Waals surface area contributed by atoms with Gasteiger partial charge in [0.2, 0.25) is 11.8 Å². The zero-order chi connectivity index (χ0) is 14.7. The van der Waals surface area contributed by atoms with Crippen LogP contribution in [0.3, 0.4) is 0 Å². The second-order valence-electron chi connectivity index (χ2n) is 4.65. The van der Waals surface area contributed by atoms with Crippen LogP contribution in [0, 0.1) is 6.92 Å². The summed E-state index contributed by atoms with van der Waals surface area (Å²) in [7, 11) is 0. The van der Waals surface area contributed by atoms with E-state index in [-0.39, 0.29) is 0 Å². The molecule has 0 aliphatic carbocycles. The lowest BCUT2D eigenvalue weighted by Gasteiger charge is -2.09. The minimum Gasteiger partial charge on any atom is -0.419 e. The Hall–Kier alpha value is -2.33. The van der Waals surface area contributed by atoms with Crippen molar-refractivity contribution in [3.63, 3.8) is 0 Å². The highest BCUT2D eigenvalue weighted by atomic mass is 35.5. The summed E-state index contributed by atoms with van der Waals surface area (Å²) in [5.41, 5.74) is 2.87. The van der Waals surface area contributed by atoms with Crippen LogP contribution in [0.4, 0.5) is 5.69 Å².